The van der Waals surface area contributed by atoms with Crippen LogP contribution in [0.3, 0.4) is 0 Å². The third kappa shape index (κ3) is 1.93. The maximum atomic E-state index is 10.7. The molecule has 0 saturated carbocycles. The van der Waals surface area contributed by atoms with E-state index < -0.39 is 5.97 Å². The number of hydrogen-bond acceptors (Lipinski definition) is 3. The van der Waals surface area contributed by atoms with Crippen molar-refractivity contribution in [1.29, 1.82) is 0 Å². The Bertz CT molecular complexity index is 442. The molecule has 0 spiro atoms. The molecule has 0 aliphatic carbocycles. The molecule has 0 radical (unpaired) electrons. The number of fused-ring (bicyclic) bond motifs is 1. The van der Waals surface area contributed by atoms with Crippen molar-refractivity contribution in [3.63, 3.8) is 0 Å². The minimum absolute atomic E-state index is 0.0673. The predicted molar refractivity (Wildman–Crippen MR) is 58.5 cm³/mol. The van der Waals surface area contributed by atoms with E-state index in [-0.39, 0.29) is 6.42 Å². The van der Waals surface area contributed by atoms with Gasteiger partial charge in [-0.05, 0) is 24.1 Å². The van der Waals surface area contributed by atoms with Crippen molar-refractivity contribution in [2.75, 3.05) is 13.2 Å². The first kappa shape index (κ1) is 11.1. The monoisotopic (exact) mass is 242 g/mol. The van der Waals surface area contributed by atoms with Crippen molar-refractivity contribution >= 4 is 17.6 Å². The van der Waals surface area contributed by atoms with Crippen molar-refractivity contribution in [3.8, 4) is 11.5 Å². The third-order valence-corrected chi connectivity index (χ3v) is 2.92. The molecular formula is C11H11ClO4. The maximum absolute atomic E-state index is 10.7. The Morgan fingerprint density at radius 1 is 1.50 bits per heavy atom. The zero-order valence-electron chi connectivity index (χ0n) is 8.75. The summed E-state index contributed by atoms with van der Waals surface area (Å²) in [5.74, 6) is 0.147. The molecule has 1 aromatic rings. The first-order chi connectivity index (χ1) is 7.59. The summed E-state index contributed by atoms with van der Waals surface area (Å²) in [7, 11) is 0. The first-order valence-corrected chi connectivity index (χ1v) is 5.26. The number of ether oxygens (including phenoxy) is 2. The third-order valence-electron chi connectivity index (χ3n) is 2.47. The lowest BCUT2D eigenvalue weighted by Crippen LogP contribution is -2.16. The summed E-state index contributed by atoms with van der Waals surface area (Å²) >= 11 is 6.10. The molecule has 0 bridgehead atoms. The normalized spacial score (nSPS) is 13.6. The number of carboxylic acid groups (broad SMARTS) is 1. The van der Waals surface area contributed by atoms with Crippen molar-refractivity contribution in [3.05, 3.63) is 22.2 Å². The second-order valence-electron chi connectivity index (χ2n) is 3.57. The Labute approximate surface area is 97.7 Å². The number of aliphatic carboxylic acids is 1. The fraction of sp³-hybridized carbons (Fsp3) is 0.364. The second kappa shape index (κ2) is 4.22. The van der Waals surface area contributed by atoms with Gasteiger partial charge in [0.05, 0.1) is 11.4 Å². The van der Waals surface area contributed by atoms with Crippen LogP contribution < -0.4 is 9.47 Å². The van der Waals surface area contributed by atoms with Gasteiger partial charge in [0.15, 0.2) is 11.5 Å². The highest BCUT2D eigenvalue weighted by Crippen LogP contribution is 2.41. The molecule has 0 amide bonds. The molecule has 1 aliphatic heterocycles. The van der Waals surface area contributed by atoms with E-state index in [2.05, 4.69) is 0 Å². The highest BCUT2D eigenvalue weighted by Gasteiger charge is 2.20. The van der Waals surface area contributed by atoms with Crippen molar-refractivity contribution in [1.82, 2.24) is 0 Å². The minimum atomic E-state index is -0.893. The molecule has 5 heteroatoms. The van der Waals surface area contributed by atoms with Crippen LogP contribution in [0.15, 0.2) is 6.07 Å². The Morgan fingerprint density at radius 2 is 2.19 bits per heavy atom. The number of rotatable bonds is 2. The van der Waals surface area contributed by atoms with Gasteiger partial charge in [-0.2, -0.15) is 0 Å². The Morgan fingerprint density at radius 3 is 2.88 bits per heavy atom. The Hall–Kier alpha value is -1.42. The van der Waals surface area contributed by atoms with Crippen LogP contribution in [0.4, 0.5) is 0 Å². The van der Waals surface area contributed by atoms with Gasteiger partial charge >= 0.3 is 5.97 Å². The maximum Gasteiger partial charge on any atom is 0.307 e. The second-order valence-corrected chi connectivity index (χ2v) is 3.95. The zero-order chi connectivity index (χ0) is 11.7. The summed E-state index contributed by atoms with van der Waals surface area (Å²) < 4.78 is 10.8. The van der Waals surface area contributed by atoms with E-state index in [1.165, 1.54) is 0 Å². The average molecular weight is 243 g/mol. The van der Waals surface area contributed by atoms with Gasteiger partial charge in [-0.1, -0.05) is 11.6 Å². The number of benzene rings is 1. The topological polar surface area (TPSA) is 55.8 Å². The molecule has 1 N–H and O–H groups in total. The van der Waals surface area contributed by atoms with Crippen LogP contribution in [0.5, 0.6) is 11.5 Å². The van der Waals surface area contributed by atoms with Crippen LogP contribution in [0.2, 0.25) is 5.02 Å². The highest BCUT2D eigenvalue weighted by atomic mass is 35.5. The van der Waals surface area contributed by atoms with Gasteiger partial charge in [-0.25, -0.2) is 0 Å². The molecular weight excluding hydrogens is 232 g/mol. The summed E-state index contributed by atoms with van der Waals surface area (Å²) in [6.45, 7) is 2.70. The van der Waals surface area contributed by atoms with Gasteiger partial charge < -0.3 is 14.6 Å². The van der Waals surface area contributed by atoms with E-state index >= 15 is 0 Å². The van der Waals surface area contributed by atoms with Crippen LogP contribution in [0.1, 0.15) is 11.1 Å². The largest absolute Gasteiger partial charge is 0.486 e. The van der Waals surface area contributed by atoms with Gasteiger partial charge in [-0.15, -0.1) is 0 Å². The van der Waals surface area contributed by atoms with E-state index in [0.717, 1.165) is 5.56 Å². The molecule has 1 heterocycles. The highest BCUT2D eigenvalue weighted by molar-refractivity contribution is 6.33. The van der Waals surface area contributed by atoms with Gasteiger partial charge in [0, 0.05) is 0 Å². The Kier molecular flexibility index (Phi) is 2.92. The van der Waals surface area contributed by atoms with Crippen molar-refractivity contribution in [2.45, 2.75) is 13.3 Å². The first-order valence-electron chi connectivity index (χ1n) is 4.89. The fourth-order valence-corrected chi connectivity index (χ4v) is 1.90. The number of halogens is 1. The number of carboxylic acids is 1. The standard InChI is InChI=1S/C11H11ClO4/c1-6-7(5-9(13)14)4-8-11(10(6)12)16-3-2-15-8/h4H,2-3,5H2,1H3,(H,13,14). The van der Waals surface area contributed by atoms with Gasteiger partial charge in [-0.3, -0.25) is 4.79 Å². The van der Waals surface area contributed by atoms with E-state index in [0.29, 0.717) is 35.3 Å². The zero-order valence-corrected chi connectivity index (χ0v) is 9.50. The molecule has 0 fully saturated rings. The summed E-state index contributed by atoms with van der Waals surface area (Å²) in [4.78, 5) is 10.7. The lowest BCUT2D eigenvalue weighted by atomic mass is 10.0. The molecule has 0 aromatic heterocycles. The summed E-state index contributed by atoms with van der Waals surface area (Å²) in [5, 5.41) is 9.21. The lowest BCUT2D eigenvalue weighted by molar-refractivity contribution is -0.136. The smallest absolute Gasteiger partial charge is 0.307 e. The van der Waals surface area contributed by atoms with Crippen LogP contribution >= 0.6 is 11.6 Å². The molecule has 86 valence electrons. The molecule has 16 heavy (non-hydrogen) atoms. The van der Waals surface area contributed by atoms with E-state index in [4.69, 9.17) is 26.2 Å². The molecule has 2 rings (SSSR count). The van der Waals surface area contributed by atoms with Crippen molar-refractivity contribution < 1.29 is 19.4 Å². The van der Waals surface area contributed by atoms with Gasteiger partial charge in [0.1, 0.15) is 13.2 Å². The van der Waals surface area contributed by atoms with Crippen LogP contribution in [0.25, 0.3) is 0 Å². The molecule has 4 nitrogen and oxygen atoms in total. The van der Waals surface area contributed by atoms with E-state index in [1.807, 2.05) is 0 Å². The van der Waals surface area contributed by atoms with E-state index in [1.54, 1.807) is 13.0 Å². The van der Waals surface area contributed by atoms with Crippen LogP contribution in [-0.4, -0.2) is 24.3 Å². The van der Waals surface area contributed by atoms with Crippen molar-refractivity contribution in [2.24, 2.45) is 0 Å². The molecule has 0 saturated heterocycles. The molecule has 0 atom stereocenters. The predicted octanol–water partition coefficient (Wildman–Crippen LogP) is 2.05. The minimum Gasteiger partial charge on any atom is -0.486 e. The summed E-state index contributed by atoms with van der Waals surface area (Å²) in [5.41, 5.74) is 1.38. The SMILES string of the molecule is Cc1c(CC(=O)O)cc2c(c1Cl)OCCO2. The number of hydrogen-bond donors (Lipinski definition) is 1. The summed E-state index contributed by atoms with van der Waals surface area (Å²) in [6, 6.07) is 1.68. The lowest BCUT2D eigenvalue weighted by Gasteiger charge is -2.21. The average Bonchev–Trinajstić information content (AvgIpc) is 2.25. The fourth-order valence-electron chi connectivity index (χ4n) is 1.64. The summed E-state index contributed by atoms with van der Waals surface area (Å²) in [6.07, 6.45) is -0.0673. The molecule has 1 aliphatic rings. The molecule has 1 aromatic carbocycles. The van der Waals surface area contributed by atoms with E-state index in [9.17, 15) is 4.79 Å². The quantitative estimate of drug-likeness (QED) is 0.862. The number of carbonyl (C=O) groups is 1. The van der Waals surface area contributed by atoms with Crippen LogP contribution in [0, 0.1) is 6.92 Å². The Balaban J connectivity index is 2.48. The van der Waals surface area contributed by atoms with Crippen LogP contribution in [-0.2, 0) is 11.2 Å². The molecule has 0 unspecified atom stereocenters. The van der Waals surface area contributed by atoms with Gasteiger partial charge in [0.2, 0.25) is 0 Å². The van der Waals surface area contributed by atoms with Gasteiger partial charge in [0.25, 0.3) is 0 Å².